The monoisotopic (exact) mass is 341 g/mol. The molecule has 0 saturated carbocycles. The first-order valence-corrected chi connectivity index (χ1v) is 9.05. The van der Waals surface area contributed by atoms with Crippen LogP contribution in [0.3, 0.4) is 0 Å². The van der Waals surface area contributed by atoms with Crippen LogP contribution in [0.2, 0.25) is 0 Å². The van der Waals surface area contributed by atoms with Crippen molar-refractivity contribution in [1.82, 2.24) is 4.90 Å². The highest BCUT2D eigenvalue weighted by atomic mass is 32.1. The predicted octanol–water partition coefficient (Wildman–Crippen LogP) is 4.49. The highest BCUT2D eigenvalue weighted by Crippen LogP contribution is 2.14. The number of rotatable bonds is 9. The van der Waals surface area contributed by atoms with Crippen LogP contribution in [-0.2, 0) is 17.8 Å². The minimum Gasteiger partial charge on any atom is -0.334 e. The van der Waals surface area contributed by atoms with Gasteiger partial charge in [0.25, 0.3) is 0 Å². The highest BCUT2D eigenvalue weighted by molar-refractivity contribution is 7.09. The molecule has 24 heavy (non-hydrogen) atoms. The standard InChI is InChI=1S/C20H23NO2S/c1-3-13-21(15-18-6-5-14-24-18)20(23)12-11-19(22)17-9-7-16(4-2)8-10-17/h3,5-10,14H,1,4,11-13,15H2,2H3. The molecule has 0 radical (unpaired) electrons. The van der Waals surface area contributed by atoms with Gasteiger partial charge in [-0.1, -0.05) is 43.3 Å². The van der Waals surface area contributed by atoms with Crippen molar-refractivity contribution in [3.63, 3.8) is 0 Å². The van der Waals surface area contributed by atoms with Crippen molar-refractivity contribution >= 4 is 23.0 Å². The number of hydrogen-bond acceptors (Lipinski definition) is 3. The van der Waals surface area contributed by atoms with E-state index in [1.165, 1.54) is 5.56 Å². The minimum absolute atomic E-state index is 0.0122. The molecular formula is C20H23NO2S. The third-order valence-electron chi connectivity index (χ3n) is 3.88. The molecule has 0 saturated heterocycles. The number of thiophene rings is 1. The molecule has 126 valence electrons. The molecule has 4 heteroatoms. The van der Waals surface area contributed by atoms with Gasteiger partial charge < -0.3 is 4.90 Å². The molecule has 1 amide bonds. The Kier molecular flexibility index (Phi) is 6.94. The second-order valence-corrected chi connectivity index (χ2v) is 6.65. The van der Waals surface area contributed by atoms with E-state index in [0.29, 0.717) is 18.7 Å². The fourth-order valence-corrected chi connectivity index (χ4v) is 3.17. The summed E-state index contributed by atoms with van der Waals surface area (Å²) in [6.07, 6.45) is 3.14. The van der Waals surface area contributed by atoms with Gasteiger partial charge in [-0.2, -0.15) is 0 Å². The van der Waals surface area contributed by atoms with Gasteiger partial charge in [0.1, 0.15) is 0 Å². The fraction of sp³-hybridized carbons (Fsp3) is 0.300. The van der Waals surface area contributed by atoms with E-state index in [9.17, 15) is 9.59 Å². The molecule has 3 nitrogen and oxygen atoms in total. The lowest BCUT2D eigenvalue weighted by Crippen LogP contribution is -2.30. The Morgan fingerprint density at radius 3 is 2.50 bits per heavy atom. The molecule has 0 fully saturated rings. The third-order valence-corrected chi connectivity index (χ3v) is 4.74. The molecule has 1 heterocycles. The number of ketones is 1. The van der Waals surface area contributed by atoms with Crippen LogP contribution in [0.1, 0.15) is 40.6 Å². The largest absolute Gasteiger partial charge is 0.334 e. The number of nitrogens with zero attached hydrogens (tertiary/aromatic N) is 1. The van der Waals surface area contributed by atoms with Crippen molar-refractivity contribution in [3.8, 4) is 0 Å². The molecule has 2 rings (SSSR count). The van der Waals surface area contributed by atoms with Gasteiger partial charge in [0, 0.05) is 29.8 Å². The van der Waals surface area contributed by atoms with Gasteiger partial charge >= 0.3 is 0 Å². The summed E-state index contributed by atoms with van der Waals surface area (Å²) in [5.41, 5.74) is 1.88. The molecule has 1 aromatic heterocycles. The van der Waals surface area contributed by atoms with E-state index in [-0.39, 0.29) is 24.5 Å². The van der Waals surface area contributed by atoms with Crippen LogP contribution < -0.4 is 0 Å². The first-order chi connectivity index (χ1) is 11.6. The Morgan fingerprint density at radius 1 is 1.17 bits per heavy atom. The molecule has 0 atom stereocenters. The molecule has 0 N–H and O–H groups in total. The van der Waals surface area contributed by atoms with E-state index in [1.54, 1.807) is 22.3 Å². The van der Waals surface area contributed by atoms with E-state index < -0.39 is 0 Å². The summed E-state index contributed by atoms with van der Waals surface area (Å²) in [4.78, 5) is 27.6. The van der Waals surface area contributed by atoms with E-state index >= 15 is 0 Å². The lowest BCUT2D eigenvalue weighted by atomic mass is 10.0. The topological polar surface area (TPSA) is 37.4 Å². The first kappa shape index (κ1) is 18.1. The van der Waals surface area contributed by atoms with Crippen LogP contribution in [0.5, 0.6) is 0 Å². The summed E-state index contributed by atoms with van der Waals surface area (Å²) in [6.45, 7) is 6.86. The van der Waals surface area contributed by atoms with Crippen molar-refractivity contribution in [3.05, 3.63) is 70.4 Å². The maximum Gasteiger partial charge on any atom is 0.223 e. The van der Waals surface area contributed by atoms with Crippen LogP contribution in [0.15, 0.2) is 54.4 Å². The summed E-state index contributed by atoms with van der Waals surface area (Å²) in [5, 5.41) is 2.00. The number of amides is 1. The second-order valence-electron chi connectivity index (χ2n) is 5.62. The predicted molar refractivity (Wildman–Crippen MR) is 99.3 cm³/mol. The number of hydrogen-bond donors (Lipinski definition) is 0. The van der Waals surface area contributed by atoms with E-state index in [4.69, 9.17) is 0 Å². The Morgan fingerprint density at radius 2 is 1.92 bits per heavy atom. The van der Waals surface area contributed by atoms with Gasteiger partial charge in [0.05, 0.1) is 6.54 Å². The van der Waals surface area contributed by atoms with Crippen LogP contribution in [0.4, 0.5) is 0 Å². The molecule has 0 spiro atoms. The van der Waals surface area contributed by atoms with Gasteiger partial charge in [0.15, 0.2) is 5.78 Å². The van der Waals surface area contributed by atoms with E-state index in [1.807, 2.05) is 41.8 Å². The molecule has 1 aromatic carbocycles. The number of carbonyl (C=O) groups is 2. The maximum absolute atomic E-state index is 12.4. The van der Waals surface area contributed by atoms with Gasteiger partial charge in [-0.25, -0.2) is 0 Å². The fourth-order valence-electron chi connectivity index (χ4n) is 2.45. The molecule has 0 bridgehead atoms. The smallest absolute Gasteiger partial charge is 0.223 e. The Bertz CT molecular complexity index is 674. The summed E-state index contributed by atoms with van der Waals surface area (Å²) < 4.78 is 0. The molecule has 0 aliphatic heterocycles. The number of benzene rings is 1. The van der Waals surface area contributed by atoms with Gasteiger partial charge in [0.2, 0.25) is 5.91 Å². The summed E-state index contributed by atoms with van der Waals surface area (Å²) in [5.74, 6) is 0.00232. The Balaban J connectivity index is 1.91. The van der Waals surface area contributed by atoms with Gasteiger partial charge in [-0.3, -0.25) is 9.59 Å². The number of carbonyl (C=O) groups excluding carboxylic acids is 2. The average molecular weight is 341 g/mol. The van der Waals surface area contributed by atoms with Crippen LogP contribution in [-0.4, -0.2) is 23.1 Å². The van der Waals surface area contributed by atoms with Crippen molar-refractivity contribution in [2.45, 2.75) is 32.7 Å². The molecule has 0 aliphatic carbocycles. The average Bonchev–Trinajstić information content (AvgIpc) is 3.12. The molecule has 2 aromatic rings. The minimum atomic E-state index is -0.0122. The second kappa shape index (κ2) is 9.18. The van der Waals surface area contributed by atoms with Crippen LogP contribution >= 0.6 is 11.3 Å². The van der Waals surface area contributed by atoms with Crippen molar-refractivity contribution in [2.24, 2.45) is 0 Å². The zero-order valence-electron chi connectivity index (χ0n) is 14.0. The quantitative estimate of drug-likeness (QED) is 0.498. The highest BCUT2D eigenvalue weighted by Gasteiger charge is 2.15. The SMILES string of the molecule is C=CCN(Cc1cccs1)C(=O)CCC(=O)c1ccc(CC)cc1. The number of aryl methyl sites for hydroxylation is 1. The lowest BCUT2D eigenvalue weighted by Gasteiger charge is -2.20. The Labute approximate surface area is 147 Å². The van der Waals surface area contributed by atoms with Crippen LogP contribution in [0, 0.1) is 0 Å². The zero-order valence-corrected chi connectivity index (χ0v) is 14.8. The summed E-state index contributed by atoms with van der Waals surface area (Å²) in [7, 11) is 0. The molecule has 0 aliphatic rings. The summed E-state index contributed by atoms with van der Waals surface area (Å²) >= 11 is 1.62. The van der Waals surface area contributed by atoms with Crippen LogP contribution in [0.25, 0.3) is 0 Å². The lowest BCUT2D eigenvalue weighted by molar-refractivity contribution is -0.131. The molecular weight excluding hydrogens is 318 g/mol. The number of Topliss-reactive ketones (excluding diaryl/α,β-unsaturated/α-hetero) is 1. The third kappa shape index (κ3) is 5.17. The molecule has 0 unspecified atom stereocenters. The first-order valence-electron chi connectivity index (χ1n) is 8.17. The summed E-state index contributed by atoms with van der Waals surface area (Å²) in [6, 6.07) is 11.6. The van der Waals surface area contributed by atoms with Gasteiger partial charge in [-0.05, 0) is 23.4 Å². The van der Waals surface area contributed by atoms with E-state index in [0.717, 1.165) is 11.3 Å². The normalized spacial score (nSPS) is 10.4. The van der Waals surface area contributed by atoms with Crippen molar-refractivity contribution < 1.29 is 9.59 Å². The maximum atomic E-state index is 12.4. The van der Waals surface area contributed by atoms with Crippen molar-refractivity contribution in [1.29, 1.82) is 0 Å². The Hall–Kier alpha value is -2.20. The van der Waals surface area contributed by atoms with Gasteiger partial charge in [-0.15, -0.1) is 17.9 Å². The van der Waals surface area contributed by atoms with E-state index in [2.05, 4.69) is 13.5 Å². The van der Waals surface area contributed by atoms with Crippen molar-refractivity contribution in [2.75, 3.05) is 6.54 Å². The zero-order chi connectivity index (χ0) is 17.4.